The molecular formula is C18H17F2NO. The monoisotopic (exact) mass is 301 g/mol. The molecule has 1 aliphatic rings. The van der Waals surface area contributed by atoms with E-state index in [1.165, 1.54) is 12.1 Å². The highest BCUT2D eigenvalue weighted by molar-refractivity contribution is 5.82. The molecule has 2 aromatic rings. The minimum absolute atomic E-state index is 0.293. The summed E-state index contributed by atoms with van der Waals surface area (Å²) in [5.41, 5.74) is 2.96. The molecule has 0 atom stereocenters. The normalized spacial score (nSPS) is 15.0. The maximum absolute atomic E-state index is 14.2. The molecule has 0 fully saturated rings. The van der Waals surface area contributed by atoms with Crippen molar-refractivity contribution in [3.05, 3.63) is 70.8 Å². The maximum Gasteiger partial charge on any atom is 0.131 e. The van der Waals surface area contributed by atoms with Crippen LogP contribution in [0, 0.1) is 11.6 Å². The number of methoxy groups -OCH3 is 1. The Labute approximate surface area is 128 Å². The van der Waals surface area contributed by atoms with Crippen LogP contribution in [0.5, 0.6) is 5.75 Å². The van der Waals surface area contributed by atoms with E-state index in [1.54, 1.807) is 7.11 Å². The molecule has 0 saturated carbocycles. The largest absolute Gasteiger partial charge is 0.497 e. The van der Waals surface area contributed by atoms with Crippen molar-refractivity contribution >= 4 is 5.57 Å². The van der Waals surface area contributed by atoms with Crippen molar-refractivity contribution < 1.29 is 13.5 Å². The number of halogens is 2. The SMILES string of the molecule is COc1ccc2c(c1)CN(C)CC=C2c1cc(F)ccc1F. The molecule has 2 aromatic carbocycles. The first-order valence-corrected chi connectivity index (χ1v) is 7.10. The van der Waals surface area contributed by atoms with Crippen molar-refractivity contribution in [1.82, 2.24) is 4.90 Å². The number of rotatable bonds is 2. The fraction of sp³-hybridized carbons (Fsp3) is 0.222. The molecule has 0 amide bonds. The van der Waals surface area contributed by atoms with Crippen molar-refractivity contribution in [3.8, 4) is 5.75 Å². The molecule has 0 N–H and O–H groups in total. The van der Waals surface area contributed by atoms with Crippen molar-refractivity contribution in [1.29, 1.82) is 0 Å². The van der Waals surface area contributed by atoms with E-state index in [4.69, 9.17) is 4.74 Å². The molecule has 2 nitrogen and oxygen atoms in total. The molecule has 4 heteroatoms. The molecule has 0 unspecified atom stereocenters. The van der Waals surface area contributed by atoms with Crippen LogP contribution in [0.25, 0.3) is 5.57 Å². The predicted octanol–water partition coefficient (Wildman–Crippen LogP) is 3.85. The fourth-order valence-corrected chi connectivity index (χ4v) is 2.76. The Morgan fingerprint density at radius 3 is 2.64 bits per heavy atom. The lowest BCUT2D eigenvalue weighted by atomic mass is 9.93. The van der Waals surface area contributed by atoms with Crippen molar-refractivity contribution in [2.75, 3.05) is 20.7 Å². The molecule has 0 aliphatic carbocycles. The molecule has 0 spiro atoms. The molecule has 1 aliphatic heterocycles. The van der Waals surface area contributed by atoms with Gasteiger partial charge in [-0.25, -0.2) is 8.78 Å². The van der Waals surface area contributed by atoms with E-state index in [9.17, 15) is 8.78 Å². The van der Waals surface area contributed by atoms with E-state index < -0.39 is 11.6 Å². The number of nitrogens with zero attached hydrogens (tertiary/aromatic N) is 1. The van der Waals surface area contributed by atoms with Gasteiger partial charge in [0.2, 0.25) is 0 Å². The standard InChI is InChI=1S/C18H17F2NO/c1-21-8-7-16(17-10-13(19)3-6-18(17)20)15-5-4-14(22-2)9-12(15)11-21/h3-7,9-10H,8,11H2,1-2H3. The molecular weight excluding hydrogens is 284 g/mol. The molecule has 0 saturated heterocycles. The van der Waals surface area contributed by atoms with E-state index in [-0.39, 0.29) is 0 Å². The summed E-state index contributed by atoms with van der Waals surface area (Å²) >= 11 is 0. The zero-order chi connectivity index (χ0) is 15.7. The van der Waals surface area contributed by atoms with Gasteiger partial charge in [-0.3, -0.25) is 4.90 Å². The number of hydrogen-bond acceptors (Lipinski definition) is 2. The van der Waals surface area contributed by atoms with Crippen molar-refractivity contribution in [3.63, 3.8) is 0 Å². The van der Waals surface area contributed by atoms with Crippen LogP contribution in [0.15, 0.2) is 42.5 Å². The summed E-state index contributed by atoms with van der Waals surface area (Å²) < 4.78 is 33.0. The van der Waals surface area contributed by atoms with Crippen LogP contribution < -0.4 is 4.74 Å². The van der Waals surface area contributed by atoms with Crippen LogP contribution in [0.3, 0.4) is 0 Å². The Bertz CT molecular complexity index is 740. The number of likely N-dealkylation sites (N-methyl/N-ethyl adjacent to an activating group) is 1. The van der Waals surface area contributed by atoms with Gasteiger partial charge >= 0.3 is 0 Å². The van der Waals surface area contributed by atoms with Gasteiger partial charge in [-0.05, 0) is 54.1 Å². The van der Waals surface area contributed by atoms with E-state index >= 15 is 0 Å². The minimum atomic E-state index is -0.440. The zero-order valence-corrected chi connectivity index (χ0v) is 12.6. The first-order chi connectivity index (χ1) is 10.6. The van der Waals surface area contributed by atoms with Crippen molar-refractivity contribution in [2.45, 2.75) is 6.54 Å². The molecule has 3 rings (SSSR count). The molecule has 0 aromatic heterocycles. The quantitative estimate of drug-likeness (QED) is 0.835. The van der Waals surface area contributed by atoms with Crippen molar-refractivity contribution in [2.24, 2.45) is 0 Å². The second-order valence-electron chi connectivity index (χ2n) is 5.46. The second-order valence-corrected chi connectivity index (χ2v) is 5.46. The third-order valence-corrected chi connectivity index (χ3v) is 3.87. The number of hydrogen-bond donors (Lipinski definition) is 0. The third kappa shape index (κ3) is 2.74. The first-order valence-electron chi connectivity index (χ1n) is 7.10. The van der Waals surface area contributed by atoms with Crippen LogP contribution in [0.4, 0.5) is 8.78 Å². The molecule has 1 heterocycles. The number of benzene rings is 2. The van der Waals surface area contributed by atoms with E-state index in [1.807, 2.05) is 31.3 Å². The fourth-order valence-electron chi connectivity index (χ4n) is 2.76. The highest BCUT2D eigenvalue weighted by Crippen LogP contribution is 2.33. The van der Waals surface area contributed by atoms with Gasteiger partial charge in [-0.1, -0.05) is 12.1 Å². The Kier molecular flexibility index (Phi) is 3.94. The topological polar surface area (TPSA) is 12.5 Å². The maximum atomic E-state index is 14.2. The van der Waals surface area contributed by atoms with Gasteiger partial charge in [-0.15, -0.1) is 0 Å². The number of ether oxygens (including phenoxy) is 1. The average molecular weight is 301 g/mol. The Balaban J connectivity index is 2.18. The lowest BCUT2D eigenvalue weighted by molar-refractivity contribution is 0.363. The summed E-state index contributed by atoms with van der Waals surface area (Å²) in [6, 6.07) is 9.25. The summed E-state index contributed by atoms with van der Waals surface area (Å²) in [6.45, 7) is 1.39. The predicted molar refractivity (Wildman–Crippen MR) is 82.8 cm³/mol. The molecule has 0 radical (unpaired) electrons. The van der Waals surface area contributed by atoms with Crippen LogP contribution in [-0.4, -0.2) is 25.6 Å². The average Bonchev–Trinajstić information content (AvgIpc) is 2.67. The van der Waals surface area contributed by atoms with E-state index in [2.05, 4.69) is 4.90 Å². The van der Waals surface area contributed by atoms with Gasteiger partial charge in [-0.2, -0.15) is 0 Å². The summed E-state index contributed by atoms with van der Waals surface area (Å²) in [4.78, 5) is 2.11. The summed E-state index contributed by atoms with van der Waals surface area (Å²) in [6.07, 6.45) is 1.94. The Morgan fingerprint density at radius 1 is 1.05 bits per heavy atom. The van der Waals surface area contributed by atoms with Crippen LogP contribution >= 0.6 is 0 Å². The van der Waals surface area contributed by atoms with Crippen LogP contribution in [-0.2, 0) is 6.54 Å². The molecule has 114 valence electrons. The smallest absolute Gasteiger partial charge is 0.131 e. The second kappa shape index (κ2) is 5.89. The minimum Gasteiger partial charge on any atom is -0.497 e. The van der Waals surface area contributed by atoms with E-state index in [0.29, 0.717) is 12.1 Å². The molecule has 0 bridgehead atoms. The van der Waals surface area contributed by atoms with Gasteiger partial charge in [0.25, 0.3) is 0 Å². The lowest BCUT2D eigenvalue weighted by Gasteiger charge is -2.15. The Hall–Kier alpha value is -2.20. The zero-order valence-electron chi connectivity index (χ0n) is 12.6. The summed E-state index contributed by atoms with van der Waals surface area (Å²) in [5.74, 6) is -0.1000. The third-order valence-electron chi connectivity index (χ3n) is 3.87. The van der Waals surface area contributed by atoms with Gasteiger partial charge in [0, 0.05) is 18.7 Å². The van der Waals surface area contributed by atoms with Crippen LogP contribution in [0.1, 0.15) is 16.7 Å². The van der Waals surface area contributed by atoms with Crippen LogP contribution in [0.2, 0.25) is 0 Å². The van der Waals surface area contributed by atoms with Gasteiger partial charge in [0.05, 0.1) is 7.11 Å². The summed E-state index contributed by atoms with van der Waals surface area (Å²) in [7, 11) is 3.61. The first kappa shape index (κ1) is 14.7. The van der Waals surface area contributed by atoms with Gasteiger partial charge in [0.15, 0.2) is 0 Å². The number of fused-ring (bicyclic) bond motifs is 1. The van der Waals surface area contributed by atoms with E-state index in [0.717, 1.165) is 35.1 Å². The lowest BCUT2D eigenvalue weighted by Crippen LogP contribution is -2.16. The molecule has 22 heavy (non-hydrogen) atoms. The van der Waals surface area contributed by atoms with Gasteiger partial charge < -0.3 is 4.74 Å². The Morgan fingerprint density at radius 2 is 1.86 bits per heavy atom. The highest BCUT2D eigenvalue weighted by atomic mass is 19.1. The highest BCUT2D eigenvalue weighted by Gasteiger charge is 2.19. The summed E-state index contributed by atoms with van der Waals surface area (Å²) in [5, 5.41) is 0. The van der Waals surface area contributed by atoms with Gasteiger partial charge in [0.1, 0.15) is 17.4 Å².